The quantitative estimate of drug-likeness (QED) is 0.238. The van der Waals surface area contributed by atoms with Crippen LogP contribution in [-0.4, -0.2) is 70.6 Å². The number of aryl methyl sites for hydroxylation is 1. The summed E-state index contributed by atoms with van der Waals surface area (Å²) in [5, 5.41) is 5.36. The van der Waals surface area contributed by atoms with Gasteiger partial charge in [0, 0.05) is 43.6 Å². The fourth-order valence-corrected chi connectivity index (χ4v) is 5.32. The van der Waals surface area contributed by atoms with Crippen molar-refractivity contribution in [2.75, 3.05) is 43.9 Å². The van der Waals surface area contributed by atoms with Gasteiger partial charge in [-0.2, -0.15) is 5.10 Å². The molecule has 0 aliphatic carbocycles. The number of carbonyl (C=O) groups excluding carboxylic acids is 2. The lowest BCUT2D eigenvalue weighted by atomic mass is 10.1. The second kappa shape index (κ2) is 11.7. The molecule has 0 bridgehead atoms. The van der Waals surface area contributed by atoms with E-state index >= 15 is 0 Å². The highest BCUT2D eigenvalue weighted by atomic mass is 32.2. The van der Waals surface area contributed by atoms with Crippen molar-refractivity contribution in [3.63, 3.8) is 0 Å². The van der Waals surface area contributed by atoms with E-state index in [9.17, 15) is 9.59 Å². The van der Waals surface area contributed by atoms with E-state index in [1.54, 1.807) is 19.2 Å². The molecule has 5 rings (SSSR count). The number of amides is 1. The summed E-state index contributed by atoms with van der Waals surface area (Å²) in [5.41, 5.74) is 5.75. The summed E-state index contributed by atoms with van der Waals surface area (Å²) in [6.07, 6.45) is 3.65. The number of hydrogen-bond acceptors (Lipinski definition) is 7. The molecule has 1 fully saturated rings. The van der Waals surface area contributed by atoms with E-state index in [1.807, 2.05) is 71.3 Å². The Morgan fingerprint density at radius 3 is 2.41 bits per heavy atom. The molecule has 0 saturated carbocycles. The molecule has 200 valence electrons. The molecule has 2 aromatic carbocycles. The molecule has 0 N–H and O–H groups in total. The van der Waals surface area contributed by atoms with Crippen molar-refractivity contribution in [1.29, 1.82) is 0 Å². The zero-order valence-electron chi connectivity index (χ0n) is 22.3. The molecule has 1 aliphatic heterocycles. The molecular formula is C30H31N5O3S. The number of rotatable bonds is 7. The van der Waals surface area contributed by atoms with Gasteiger partial charge in [-0.3, -0.25) is 4.79 Å². The number of piperazine rings is 1. The zero-order chi connectivity index (χ0) is 27.4. The van der Waals surface area contributed by atoms with Gasteiger partial charge < -0.3 is 14.5 Å². The Bertz CT molecular complexity index is 1480. The normalized spacial score (nSPS) is 13.4. The Labute approximate surface area is 232 Å². The van der Waals surface area contributed by atoms with Crippen LogP contribution >= 0.6 is 11.8 Å². The molecule has 1 amide bonds. The number of thioether (sulfide) groups is 1. The van der Waals surface area contributed by atoms with Crippen molar-refractivity contribution < 1.29 is 14.3 Å². The number of ether oxygens (including phenoxy) is 1. The molecule has 0 spiro atoms. The van der Waals surface area contributed by atoms with Gasteiger partial charge in [0.1, 0.15) is 5.03 Å². The van der Waals surface area contributed by atoms with E-state index < -0.39 is 5.97 Å². The molecule has 1 aliphatic rings. The van der Waals surface area contributed by atoms with Gasteiger partial charge in [0.05, 0.1) is 23.6 Å². The third kappa shape index (κ3) is 5.54. The van der Waals surface area contributed by atoms with E-state index in [0.717, 1.165) is 46.3 Å². The van der Waals surface area contributed by atoms with Gasteiger partial charge in [-0.25, -0.2) is 14.5 Å². The molecule has 2 aromatic heterocycles. The summed E-state index contributed by atoms with van der Waals surface area (Å²) in [6.45, 7) is 6.88. The fraction of sp³-hybridized carbons (Fsp3) is 0.267. The average Bonchev–Trinajstić information content (AvgIpc) is 3.43. The van der Waals surface area contributed by atoms with Crippen molar-refractivity contribution in [2.24, 2.45) is 0 Å². The van der Waals surface area contributed by atoms with Gasteiger partial charge in [-0.15, -0.1) is 11.8 Å². The van der Waals surface area contributed by atoms with Gasteiger partial charge >= 0.3 is 5.97 Å². The van der Waals surface area contributed by atoms with Gasteiger partial charge in [0.2, 0.25) is 0 Å². The standard InChI is InChI=1S/C30H31N5O3S/c1-4-38-30(37)25-20-27(35(32-25)26-10-6-5-8-21(26)2)22-11-13-23(14-12-22)33-16-18-34(19-17-33)29(36)24-9-7-15-31-28(24)39-3/h5-15,20H,4,16-19H2,1-3H3. The van der Waals surface area contributed by atoms with Crippen LogP contribution in [-0.2, 0) is 4.74 Å². The predicted octanol–water partition coefficient (Wildman–Crippen LogP) is 5.10. The summed E-state index contributed by atoms with van der Waals surface area (Å²) in [4.78, 5) is 34.1. The summed E-state index contributed by atoms with van der Waals surface area (Å²) in [5.74, 6) is -0.407. The van der Waals surface area contributed by atoms with Crippen molar-refractivity contribution in [1.82, 2.24) is 19.7 Å². The maximum Gasteiger partial charge on any atom is 0.358 e. The van der Waals surface area contributed by atoms with Gasteiger partial charge in [0.15, 0.2) is 5.69 Å². The lowest BCUT2D eigenvalue weighted by Gasteiger charge is -2.36. The SMILES string of the molecule is CCOC(=O)c1cc(-c2ccc(N3CCN(C(=O)c4cccnc4SC)CC3)cc2)n(-c2ccccc2C)n1. The maximum atomic E-state index is 13.1. The highest BCUT2D eigenvalue weighted by Crippen LogP contribution is 2.29. The Balaban J connectivity index is 1.34. The molecule has 0 radical (unpaired) electrons. The zero-order valence-corrected chi connectivity index (χ0v) is 23.1. The smallest absolute Gasteiger partial charge is 0.358 e. The summed E-state index contributed by atoms with van der Waals surface area (Å²) >= 11 is 1.49. The van der Waals surface area contributed by atoms with Crippen molar-refractivity contribution in [3.05, 3.63) is 89.7 Å². The van der Waals surface area contributed by atoms with Gasteiger partial charge in [-0.1, -0.05) is 30.3 Å². The number of benzene rings is 2. The number of aromatic nitrogens is 3. The monoisotopic (exact) mass is 541 g/mol. The molecule has 3 heterocycles. The summed E-state index contributed by atoms with van der Waals surface area (Å²) in [6, 6.07) is 21.7. The first-order valence-electron chi connectivity index (χ1n) is 13.0. The fourth-order valence-electron chi connectivity index (χ4n) is 4.77. The number of esters is 1. The van der Waals surface area contributed by atoms with Crippen LogP contribution in [0.5, 0.6) is 0 Å². The number of pyridine rings is 1. The Hall–Kier alpha value is -4.11. The largest absolute Gasteiger partial charge is 0.461 e. The molecule has 0 atom stereocenters. The van der Waals surface area contributed by atoms with Crippen LogP contribution in [0.15, 0.2) is 78.0 Å². The Kier molecular flexibility index (Phi) is 7.97. The first-order valence-corrected chi connectivity index (χ1v) is 14.2. The van der Waals surface area contributed by atoms with Crippen LogP contribution < -0.4 is 4.90 Å². The average molecular weight is 542 g/mol. The second-order valence-electron chi connectivity index (χ2n) is 9.22. The first-order chi connectivity index (χ1) is 19.0. The number of anilines is 1. The van der Waals surface area contributed by atoms with Crippen LogP contribution in [0.2, 0.25) is 0 Å². The van der Waals surface area contributed by atoms with Crippen LogP contribution in [0.3, 0.4) is 0 Å². The predicted molar refractivity (Wildman–Crippen MR) is 154 cm³/mol. The van der Waals surface area contributed by atoms with Crippen LogP contribution in [0.25, 0.3) is 16.9 Å². The number of carbonyl (C=O) groups is 2. The summed E-state index contributed by atoms with van der Waals surface area (Å²) < 4.78 is 7.02. The van der Waals surface area contributed by atoms with E-state index in [0.29, 0.717) is 25.3 Å². The highest BCUT2D eigenvalue weighted by molar-refractivity contribution is 7.98. The van der Waals surface area contributed by atoms with E-state index in [-0.39, 0.29) is 11.6 Å². The molecule has 39 heavy (non-hydrogen) atoms. The minimum Gasteiger partial charge on any atom is -0.461 e. The lowest BCUT2D eigenvalue weighted by molar-refractivity contribution is 0.0518. The van der Waals surface area contributed by atoms with Crippen LogP contribution in [0.4, 0.5) is 5.69 Å². The number of para-hydroxylation sites is 1. The molecule has 0 unspecified atom stereocenters. The van der Waals surface area contributed by atoms with Gasteiger partial charge in [0.25, 0.3) is 5.91 Å². The maximum absolute atomic E-state index is 13.1. The van der Waals surface area contributed by atoms with Crippen LogP contribution in [0, 0.1) is 6.92 Å². The summed E-state index contributed by atoms with van der Waals surface area (Å²) in [7, 11) is 0. The minimum absolute atomic E-state index is 0.0318. The second-order valence-corrected chi connectivity index (χ2v) is 10.0. The molecule has 9 heteroatoms. The Morgan fingerprint density at radius 2 is 1.72 bits per heavy atom. The lowest BCUT2D eigenvalue weighted by Crippen LogP contribution is -2.48. The van der Waals surface area contributed by atoms with E-state index in [4.69, 9.17) is 4.74 Å². The number of nitrogens with zero attached hydrogens (tertiary/aromatic N) is 5. The first kappa shape index (κ1) is 26.5. The van der Waals surface area contributed by atoms with Crippen molar-refractivity contribution >= 4 is 29.3 Å². The number of hydrogen-bond donors (Lipinski definition) is 0. The Morgan fingerprint density at radius 1 is 0.974 bits per heavy atom. The topological polar surface area (TPSA) is 80.6 Å². The molecule has 4 aromatic rings. The van der Waals surface area contributed by atoms with E-state index in [2.05, 4.69) is 27.1 Å². The molecule has 1 saturated heterocycles. The van der Waals surface area contributed by atoms with Crippen LogP contribution in [0.1, 0.15) is 33.3 Å². The minimum atomic E-state index is -0.439. The van der Waals surface area contributed by atoms with Crippen molar-refractivity contribution in [3.8, 4) is 16.9 Å². The molecular weight excluding hydrogens is 510 g/mol. The van der Waals surface area contributed by atoms with Gasteiger partial charge in [-0.05, 0) is 62.1 Å². The molecule has 8 nitrogen and oxygen atoms in total. The van der Waals surface area contributed by atoms with Crippen molar-refractivity contribution in [2.45, 2.75) is 18.9 Å². The van der Waals surface area contributed by atoms with E-state index in [1.165, 1.54) is 11.8 Å². The third-order valence-electron chi connectivity index (χ3n) is 6.83. The third-order valence-corrected chi connectivity index (χ3v) is 7.54. The highest BCUT2D eigenvalue weighted by Gasteiger charge is 2.25.